The molecule has 0 radical (unpaired) electrons. The van der Waals surface area contributed by atoms with Crippen LogP contribution in [0.2, 0.25) is 0 Å². The van der Waals surface area contributed by atoms with E-state index in [1.807, 2.05) is 6.92 Å². The summed E-state index contributed by atoms with van der Waals surface area (Å²) in [5.41, 5.74) is -0.752. The highest BCUT2D eigenvalue weighted by molar-refractivity contribution is 5.81. The second-order valence-corrected chi connectivity index (χ2v) is 4.26. The van der Waals surface area contributed by atoms with Gasteiger partial charge >= 0.3 is 6.18 Å². The average Bonchev–Trinajstić information content (AvgIpc) is 2.81. The molecule has 0 spiro atoms. The first-order valence-corrected chi connectivity index (χ1v) is 5.51. The Balaban J connectivity index is 2.05. The van der Waals surface area contributed by atoms with E-state index in [1.165, 1.54) is 13.2 Å². The Labute approximate surface area is 102 Å². The molecule has 5 nitrogen and oxygen atoms in total. The Morgan fingerprint density at radius 1 is 1.56 bits per heavy atom. The van der Waals surface area contributed by atoms with Gasteiger partial charge in [0.05, 0.1) is 6.54 Å². The standard InChI is InChI=1S/C10H14F3N5/c1-6-3-14-9(16-6)15-4-7-5-18(2)17-8(7)10(11,12)13/h5-6H,3-4H2,1-2H3,(H2,14,15,16). The van der Waals surface area contributed by atoms with Crippen molar-refractivity contribution in [3.05, 3.63) is 17.5 Å². The van der Waals surface area contributed by atoms with Crippen LogP contribution in [0.25, 0.3) is 0 Å². The number of guanidine groups is 1. The zero-order valence-electron chi connectivity index (χ0n) is 10.0. The molecule has 0 saturated heterocycles. The van der Waals surface area contributed by atoms with Gasteiger partial charge in [-0.25, -0.2) is 0 Å². The number of halogens is 3. The van der Waals surface area contributed by atoms with Gasteiger partial charge in [-0.05, 0) is 6.92 Å². The number of hydrogen-bond acceptors (Lipinski definition) is 4. The van der Waals surface area contributed by atoms with Crippen molar-refractivity contribution in [3.8, 4) is 0 Å². The zero-order chi connectivity index (χ0) is 13.3. The van der Waals surface area contributed by atoms with E-state index >= 15 is 0 Å². The van der Waals surface area contributed by atoms with E-state index in [9.17, 15) is 13.2 Å². The van der Waals surface area contributed by atoms with Gasteiger partial charge in [-0.3, -0.25) is 9.67 Å². The molecule has 1 aliphatic heterocycles. The lowest BCUT2D eigenvalue weighted by Gasteiger charge is -2.09. The molecule has 0 aliphatic carbocycles. The van der Waals surface area contributed by atoms with E-state index in [1.54, 1.807) is 0 Å². The van der Waals surface area contributed by atoms with Gasteiger partial charge in [0.1, 0.15) is 0 Å². The molecular weight excluding hydrogens is 247 g/mol. The zero-order valence-corrected chi connectivity index (χ0v) is 10.0. The molecule has 0 aromatic carbocycles. The lowest BCUT2D eigenvalue weighted by molar-refractivity contribution is -0.142. The lowest BCUT2D eigenvalue weighted by Crippen LogP contribution is -2.37. The van der Waals surface area contributed by atoms with Crippen LogP contribution in [-0.4, -0.2) is 28.3 Å². The summed E-state index contributed by atoms with van der Waals surface area (Å²) in [6.45, 7) is 2.62. The number of alkyl halides is 3. The Morgan fingerprint density at radius 2 is 2.28 bits per heavy atom. The van der Waals surface area contributed by atoms with Gasteiger partial charge in [-0.2, -0.15) is 18.3 Å². The fourth-order valence-corrected chi connectivity index (χ4v) is 1.74. The molecule has 100 valence electrons. The largest absolute Gasteiger partial charge is 0.435 e. The van der Waals surface area contributed by atoms with Gasteiger partial charge in [0.2, 0.25) is 0 Å². The van der Waals surface area contributed by atoms with Crippen LogP contribution in [0, 0.1) is 0 Å². The van der Waals surface area contributed by atoms with E-state index in [2.05, 4.69) is 20.7 Å². The fraction of sp³-hybridized carbons (Fsp3) is 0.600. The van der Waals surface area contributed by atoms with Crippen LogP contribution in [0.15, 0.2) is 11.2 Å². The van der Waals surface area contributed by atoms with Crippen molar-refractivity contribution in [2.45, 2.75) is 25.7 Å². The Kier molecular flexibility index (Phi) is 3.18. The lowest BCUT2D eigenvalue weighted by atomic mass is 10.2. The smallest absolute Gasteiger partial charge is 0.352 e. The van der Waals surface area contributed by atoms with Crippen molar-refractivity contribution >= 4 is 5.96 Å². The van der Waals surface area contributed by atoms with Gasteiger partial charge in [0, 0.05) is 31.4 Å². The maximum Gasteiger partial charge on any atom is 0.435 e. The molecule has 0 fully saturated rings. The van der Waals surface area contributed by atoms with Crippen LogP contribution in [0.1, 0.15) is 18.2 Å². The highest BCUT2D eigenvalue weighted by Crippen LogP contribution is 2.30. The number of aliphatic imine (C=N–C) groups is 1. The van der Waals surface area contributed by atoms with E-state index in [0.29, 0.717) is 12.5 Å². The van der Waals surface area contributed by atoms with Crippen LogP contribution < -0.4 is 10.6 Å². The first-order chi connectivity index (χ1) is 8.36. The Morgan fingerprint density at radius 3 is 2.83 bits per heavy atom. The molecule has 1 aromatic heterocycles. The summed E-state index contributed by atoms with van der Waals surface area (Å²) >= 11 is 0. The number of rotatable bonds is 2. The van der Waals surface area contributed by atoms with Crippen molar-refractivity contribution in [1.29, 1.82) is 0 Å². The summed E-state index contributed by atoms with van der Waals surface area (Å²) in [7, 11) is 1.46. The molecule has 18 heavy (non-hydrogen) atoms. The van der Waals surface area contributed by atoms with Gasteiger partial charge in [-0.1, -0.05) is 0 Å². The summed E-state index contributed by atoms with van der Waals surface area (Å²) in [5.74, 6) is 0.527. The van der Waals surface area contributed by atoms with Crippen molar-refractivity contribution in [2.24, 2.45) is 12.0 Å². The molecule has 2 heterocycles. The van der Waals surface area contributed by atoms with Crippen molar-refractivity contribution in [2.75, 3.05) is 6.54 Å². The number of nitrogens with zero attached hydrogens (tertiary/aromatic N) is 3. The predicted octanol–water partition coefficient (Wildman–Crippen LogP) is 0.876. The van der Waals surface area contributed by atoms with E-state index in [4.69, 9.17) is 0 Å². The maximum absolute atomic E-state index is 12.7. The Bertz CT molecular complexity index is 463. The van der Waals surface area contributed by atoms with Gasteiger partial charge in [-0.15, -0.1) is 0 Å². The first-order valence-electron chi connectivity index (χ1n) is 5.51. The van der Waals surface area contributed by atoms with Crippen LogP contribution in [0.5, 0.6) is 0 Å². The maximum atomic E-state index is 12.7. The van der Waals surface area contributed by atoms with Crippen LogP contribution >= 0.6 is 0 Å². The number of aromatic nitrogens is 2. The molecule has 2 rings (SSSR count). The molecular formula is C10H14F3N5. The van der Waals surface area contributed by atoms with Crippen LogP contribution in [-0.2, 0) is 19.8 Å². The minimum atomic E-state index is -4.43. The average molecular weight is 261 g/mol. The molecule has 2 N–H and O–H groups in total. The third-order valence-corrected chi connectivity index (χ3v) is 2.53. The predicted molar refractivity (Wildman–Crippen MR) is 59.9 cm³/mol. The monoisotopic (exact) mass is 261 g/mol. The quantitative estimate of drug-likeness (QED) is 0.831. The third kappa shape index (κ3) is 2.74. The molecule has 1 aromatic rings. The second kappa shape index (κ2) is 4.51. The molecule has 1 atom stereocenters. The summed E-state index contributed by atoms with van der Waals surface area (Å²) in [5, 5.41) is 9.29. The summed E-state index contributed by atoms with van der Waals surface area (Å²) in [6, 6.07) is 0.212. The van der Waals surface area contributed by atoms with Gasteiger partial charge in [0.15, 0.2) is 11.7 Å². The molecule has 0 bridgehead atoms. The number of aryl methyl sites for hydroxylation is 1. The summed E-state index contributed by atoms with van der Waals surface area (Å²) in [6.07, 6.45) is -3.08. The minimum Gasteiger partial charge on any atom is -0.352 e. The van der Waals surface area contributed by atoms with Crippen LogP contribution in [0.4, 0.5) is 13.2 Å². The first kappa shape index (κ1) is 12.7. The van der Waals surface area contributed by atoms with Gasteiger partial charge < -0.3 is 10.6 Å². The van der Waals surface area contributed by atoms with Crippen molar-refractivity contribution in [1.82, 2.24) is 20.4 Å². The molecule has 0 saturated carbocycles. The number of hydrogen-bond donors (Lipinski definition) is 2. The normalized spacial score (nSPS) is 19.6. The fourth-order valence-electron chi connectivity index (χ4n) is 1.74. The molecule has 8 heteroatoms. The Hall–Kier alpha value is -1.73. The minimum absolute atomic E-state index is 0.0429. The SMILES string of the molecule is CC1CN=C(NCc2cn(C)nc2C(F)(F)F)N1. The van der Waals surface area contributed by atoms with E-state index in [-0.39, 0.29) is 18.2 Å². The van der Waals surface area contributed by atoms with Crippen LogP contribution in [0.3, 0.4) is 0 Å². The van der Waals surface area contributed by atoms with Gasteiger partial charge in [0.25, 0.3) is 0 Å². The summed E-state index contributed by atoms with van der Waals surface area (Å²) < 4.78 is 39.2. The highest BCUT2D eigenvalue weighted by Gasteiger charge is 2.36. The third-order valence-electron chi connectivity index (χ3n) is 2.53. The number of nitrogens with one attached hydrogen (secondary N) is 2. The van der Waals surface area contributed by atoms with Crippen molar-refractivity contribution < 1.29 is 13.2 Å². The summed E-state index contributed by atoms with van der Waals surface area (Å²) in [4.78, 5) is 4.12. The topological polar surface area (TPSA) is 54.2 Å². The van der Waals surface area contributed by atoms with E-state index in [0.717, 1.165) is 4.68 Å². The molecule has 0 amide bonds. The molecule has 1 aliphatic rings. The highest BCUT2D eigenvalue weighted by atomic mass is 19.4. The van der Waals surface area contributed by atoms with E-state index < -0.39 is 11.9 Å². The van der Waals surface area contributed by atoms with Crippen molar-refractivity contribution in [3.63, 3.8) is 0 Å². The molecule has 1 unspecified atom stereocenters. The second-order valence-electron chi connectivity index (χ2n) is 4.26.